The van der Waals surface area contributed by atoms with E-state index in [0.717, 1.165) is 19.3 Å². The highest BCUT2D eigenvalue weighted by molar-refractivity contribution is 5.89. The molecule has 2 fully saturated rings. The molecule has 0 aliphatic carbocycles. The largest absolute Gasteiger partial charge is 0.481 e. The first-order chi connectivity index (χ1) is 15.3. The van der Waals surface area contributed by atoms with Gasteiger partial charge in [0.05, 0.1) is 6.42 Å². The van der Waals surface area contributed by atoms with Gasteiger partial charge in [0.2, 0.25) is 0 Å². The molecular formula is C23H34N2O7. The van der Waals surface area contributed by atoms with Gasteiger partial charge < -0.3 is 34.7 Å². The normalized spacial score (nSPS) is 26.0. The van der Waals surface area contributed by atoms with Gasteiger partial charge in [-0.25, -0.2) is 4.79 Å². The summed E-state index contributed by atoms with van der Waals surface area (Å²) in [6, 6.07) is 6.29. The molecule has 0 radical (unpaired) electrons. The van der Waals surface area contributed by atoms with Crippen LogP contribution in [0.3, 0.4) is 0 Å². The number of hydrogen-bond acceptors (Lipinski definition) is 6. The topological polar surface area (TPSA) is 115 Å². The van der Waals surface area contributed by atoms with Crippen molar-refractivity contribution in [3.05, 3.63) is 29.8 Å². The number of carbonyl (C=O) groups is 2. The summed E-state index contributed by atoms with van der Waals surface area (Å²) in [5.41, 5.74) is 1.23. The van der Waals surface area contributed by atoms with Crippen molar-refractivity contribution in [2.75, 3.05) is 18.5 Å². The standard InChI is InChI=1S/C23H34N2O7/c1-4-5-6-7-12-29-19-17(30-21-20(19)31-23(2,3)32-21)14-24-22(28)25-16-10-8-15(9-11-16)13-18(26)27/h8-11,17,19-21H,4-7,12-14H2,1-3H3,(H,26,27)(H2,24,25,28)/t17-,19+,20-,21-/m1/s1. The van der Waals surface area contributed by atoms with E-state index in [1.807, 2.05) is 13.8 Å². The van der Waals surface area contributed by atoms with Crippen molar-refractivity contribution in [3.63, 3.8) is 0 Å². The Morgan fingerprint density at radius 2 is 1.88 bits per heavy atom. The second kappa shape index (κ2) is 11.1. The van der Waals surface area contributed by atoms with Gasteiger partial charge in [0.15, 0.2) is 12.1 Å². The predicted octanol–water partition coefficient (Wildman–Crippen LogP) is 3.28. The summed E-state index contributed by atoms with van der Waals surface area (Å²) in [5.74, 6) is -1.63. The number of aliphatic carboxylic acids is 1. The highest BCUT2D eigenvalue weighted by atomic mass is 16.8. The summed E-state index contributed by atoms with van der Waals surface area (Å²) < 4.78 is 23.9. The van der Waals surface area contributed by atoms with Gasteiger partial charge >= 0.3 is 12.0 Å². The average Bonchev–Trinajstić information content (AvgIpc) is 3.19. The van der Waals surface area contributed by atoms with Crippen molar-refractivity contribution < 1.29 is 33.6 Å². The van der Waals surface area contributed by atoms with Gasteiger partial charge in [-0.1, -0.05) is 38.3 Å². The van der Waals surface area contributed by atoms with E-state index in [-0.39, 0.29) is 31.2 Å². The summed E-state index contributed by atoms with van der Waals surface area (Å²) in [5, 5.41) is 14.4. The lowest BCUT2D eigenvalue weighted by molar-refractivity contribution is -0.217. The molecule has 2 amide bonds. The molecule has 2 heterocycles. The van der Waals surface area contributed by atoms with Gasteiger partial charge in [-0.2, -0.15) is 0 Å². The zero-order valence-corrected chi connectivity index (χ0v) is 19.0. The third kappa shape index (κ3) is 6.90. The predicted molar refractivity (Wildman–Crippen MR) is 117 cm³/mol. The fraction of sp³-hybridized carbons (Fsp3) is 0.652. The lowest BCUT2D eigenvalue weighted by atomic mass is 10.1. The first kappa shape index (κ1) is 24.4. The highest BCUT2D eigenvalue weighted by Crippen LogP contribution is 2.38. The third-order valence-electron chi connectivity index (χ3n) is 5.43. The molecule has 9 heteroatoms. The van der Waals surface area contributed by atoms with Gasteiger partial charge in [-0.05, 0) is 38.0 Å². The lowest BCUT2D eigenvalue weighted by Gasteiger charge is -2.26. The van der Waals surface area contributed by atoms with Crippen LogP contribution in [0.25, 0.3) is 0 Å². The van der Waals surface area contributed by atoms with Crippen LogP contribution in [0.2, 0.25) is 0 Å². The smallest absolute Gasteiger partial charge is 0.319 e. The molecule has 1 aromatic rings. The lowest BCUT2D eigenvalue weighted by Crippen LogP contribution is -2.44. The Morgan fingerprint density at radius 3 is 2.56 bits per heavy atom. The number of nitrogens with one attached hydrogen (secondary N) is 2. The summed E-state index contributed by atoms with van der Waals surface area (Å²) >= 11 is 0. The first-order valence-electron chi connectivity index (χ1n) is 11.3. The summed E-state index contributed by atoms with van der Waals surface area (Å²) in [4.78, 5) is 23.1. The average molecular weight is 451 g/mol. The van der Waals surface area contributed by atoms with E-state index in [0.29, 0.717) is 17.9 Å². The maximum atomic E-state index is 12.3. The van der Waals surface area contributed by atoms with Gasteiger partial charge in [-0.3, -0.25) is 4.79 Å². The Kier molecular flexibility index (Phi) is 8.47. The molecule has 1 aromatic carbocycles. The van der Waals surface area contributed by atoms with Crippen molar-refractivity contribution in [1.29, 1.82) is 0 Å². The van der Waals surface area contributed by atoms with Crippen LogP contribution in [0.1, 0.15) is 52.0 Å². The number of carboxylic acid groups (broad SMARTS) is 1. The molecule has 9 nitrogen and oxygen atoms in total. The molecule has 0 spiro atoms. The number of hydrogen-bond donors (Lipinski definition) is 3. The van der Waals surface area contributed by atoms with E-state index in [2.05, 4.69) is 17.6 Å². The van der Waals surface area contributed by atoms with Crippen LogP contribution >= 0.6 is 0 Å². The van der Waals surface area contributed by atoms with E-state index in [9.17, 15) is 9.59 Å². The first-order valence-corrected chi connectivity index (χ1v) is 11.3. The zero-order valence-electron chi connectivity index (χ0n) is 19.0. The van der Waals surface area contributed by atoms with E-state index in [1.54, 1.807) is 24.3 Å². The van der Waals surface area contributed by atoms with Crippen LogP contribution in [0.4, 0.5) is 10.5 Å². The number of rotatable bonds is 11. The van der Waals surface area contributed by atoms with Crippen LogP contribution in [0.15, 0.2) is 24.3 Å². The Bertz CT molecular complexity index is 768. The molecule has 0 bridgehead atoms. The van der Waals surface area contributed by atoms with E-state index in [4.69, 9.17) is 24.1 Å². The van der Waals surface area contributed by atoms with Gasteiger partial charge in [-0.15, -0.1) is 0 Å². The molecule has 32 heavy (non-hydrogen) atoms. The minimum atomic E-state index is -0.900. The number of anilines is 1. The van der Waals surface area contributed by atoms with Crippen molar-refractivity contribution in [1.82, 2.24) is 5.32 Å². The molecular weight excluding hydrogens is 416 g/mol. The fourth-order valence-electron chi connectivity index (χ4n) is 3.91. The van der Waals surface area contributed by atoms with E-state index >= 15 is 0 Å². The van der Waals surface area contributed by atoms with Gasteiger partial charge in [0, 0.05) is 18.8 Å². The molecule has 2 aliphatic heterocycles. The number of amides is 2. The van der Waals surface area contributed by atoms with Crippen LogP contribution in [0.5, 0.6) is 0 Å². The Labute approximate surface area is 188 Å². The van der Waals surface area contributed by atoms with E-state index < -0.39 is 24.2 Å². The third-order valence-corrected chi connectivity index (χ3v) is 5.43. The van der Waals surface area contributed by atoms with Crippen LogP contribution < -0.4 is 10.6 Å². The molecule has 4 atom stereocenters. The van der Waals surface area contributed by atoms with Crippen molar-refractivity contribution in [2.45, 2.75) is 83.3 Å². The molecule has 3 rings (SSSR count). The maximum absolute atomic E-state index is 12.3. The van der Waals surface area contributed by atoms with Crippen LogP contribution in [-0.2, 0) is 30.2 Å². The Balaban J connectivity index is 1.50. The minimum absolute atomic E-state index is 0.0609. The maximum Gasteiger partial charge on any atom is 0.319 e. The number of urea groups is 1. The SMILES string of the molecule is CCCCCCO[C@@H]1[C@H]2OC(C)(C)O[C@H]2O[C@@H]1CNC(=O)Nc1ccc(CC(=O)O)cc1. The number of carbonyl (C=O) groups excluding carboxylic acids is 1. The number of benzene rings is 1. The molecule has 0 saturated carbocycles. The van der Waals surface area contributed by atoms with Crippen LogP contribution in [-0.4, -0.2) is 60.6 Å². The van der Waals surface area contributed by atoms with Crippen molar-refractivity contribution in [2.24, 2.45) is 0 Å². The second-order valence-electron chi connectivity index (χ2n) is 8.64. The number of fused-ring (bicyclic) bond motifs is 1. The van der Waals surface area contributed by atoms with E-state index in [1.165, 1.54) is 6.42 Å². The summed E-state index contributed by atoms with van der Waals surface area (Å²) in [6.07, 6.45) is 2.75. The molecule has 3 N–H and O–H groups in total. The number of unbranched alkanes of at least 4 members (excludes halogenated alkanes) is 3. The quantitative estimate of drug-likeness (QED) is 0.443. The zero-order chi connectivity index (χ0) is 23.1. The summed E-state index contributed by atoms with van der Waals surface area (Å²) in [6.45, 7) is 6.69. The van der Waals surface area contributed by atoms with Gasteiger partial charge in [0.25, 0.3) is 0 Å². The monoisotopic (exact) mass is 450 g/mol. The molecule has 178 valence electrons. The van der Waals surface area contributed by atoms with Crippen molar-refractivity contribution in [3.8, 4) is 0 Å². The summed E-state index contributed by atoms with van der Waals surface area (Å²) in [7, 11) is 0. The Hall–Kier alpha value is -2.20. The van der Waals surface area contributed by atoms with Crippen molar-refractivity contribution >= 4 is 17.7 Å². The molecule has 2 saturated heterocycles. The number of carboxylic acids is 1. The van der Waals surface area contributed by atoms with Crippen LogP contribution in [0, 0.1) is 0 Å². The number of ether oxygens (including phenoxy) is 4. The molecule has 0 aromatic heterocycles. The molecule has 0 unspecified atom stereocenters. The Morgan fingerprint density at radius 1 is 1.12 bits per heavy atom. The minimum Gasteiger partial charge on any atom is -0.481 e. The molecule has 2 aliphatic rings. The van der Waals surface area contributed by atoms with Gasteiger partial charge in [0.1, 0.15) is 18.3 Å². The second-order valence-corrected chi connectivity index (χ2v) is 8.64. The highest BCUT2D eigenvalue weighted by Gasteiger charge is 2.55. The fourth-order valence-corrected chi connectivity index (χ4v) is 3.91.